The van der Waals surface area contributed by atoms with Crippen LogP contribution in [0.5, 0.6) is 0 Å². The second kappa shape index (κ2) is 8.70. The SMILES string of the molecule is O=[N+]([O-])c1ccc(CCN2CCCC/C2=N/S(=O)(=O)c2ccc(Cl)cc2)cc1. The van der Waals surface area contributed by atoms with Gasteiger partial charge in [0, 0.05) is 36.7 Å². The van der Waals surface area contributed by atoms with Gasteiger partial charge in [-0.3, -0.25) is 10.1 Å². The lowest BCUT2D eigenvalue weighted by molar-refractivity contribution is -0.384. The Hall–Kier alpha value is -2.45. The number of nitro benzene ring substituents is 1. The number of benzene rings is 2. The van der Waals surface area contributed by atoms with Gasteiger partial charge in [0.05, 0.1) is 9.82 Å². The topological polar surface area (TPSA) is 92.9 Å². The number of non-ortho nitro benzene ring substituents is 1. The van der Waals surface area contributed by atoms with Gasteiger partial charge in [-0.15, -0.1) is 4.40 Å². The summed E-state index contributed by atoms with van der Waals surface area (Å²) in [6.45, 7) is 1.34. The van der Waals surface area contributed by atoms with Crippen LogP contribution in [0, 0.1) is 10.1 Å². The van der Waals surface area contributed by atoms with Gasteiger partial charge < -0.3 is 4.90 Å². The van der Waals surface area contributed by atoms with E-state index in [0.717, 1.165) is 24.9 Å². The summed E-state index contributed by atoms with van der Waals surface area (Å²) in [5, 5.41) is 11.2. The Kier molecular flexibility index (Phi) is 6.31. The molecule has 2 aromatic rings. The minimum atomic E-state index is -3.79. The van der Waals surface area contributed by atoms with E-state index in [-0.39, 0.29) is 10.6 Å². The molecule has 0 aliphatic carbocycles. The highest BCUT2D eigenvalue weighted by molar-refractivity contribution is 7.90. The molecule has 9 heteroatoms. The molecule has 0 amide bonds. The fraction of sp³-hybridized carbons (Fsp3) is 0.316. The number of piperidine rings is 1. The van der Waals surface area contributed by atoms with E-state index in [1.807, 2.05) is 4.90 Å². The van der Waals surface area contributed by atoms with Gasteiger partial charge in [-0.05, 0) is 49.1 Å². The zero-order chi connectivity index (χ0) is 20.1. The first-order valence-corrected chi connectivity index (χ1v) is 10.7. The van der Waals surface area contributed by atoms with Crippen LogP contribution in [-0.4, -0.2) is 37.2 Å². The predicted molar refractivity (Wildman–Crippen MR) is 108 cm³/mol. The zero-order valence-corrected chi connectivity index (χ0v) is 16.7. The molecule has 0 atom stereocenters. The Balaban J connectivity index is 1.73. The van der Waals surface area contributed by atoms with Crippen LogP contribution in [0.4, 0.5) is 5.69 Å². The molecule has 2 aromatic carbocycles. The average molecular weight is 422 g/mol. The van der Waals surface area contributed by atoms with Crippen molar-refractivity contribution in [3.05, 3.63) is 69.2 Å². The first-order chi connectivity index (χ1) is 13.3. The lowest BCUT2D eigenvalue weighted by Crippen LogP contribution is -2.37. The summed E-state index contributed by atoms with van der Waals surface area (Å²) in [4.78, 5) is 12.4. The van der Waals surface area contributed by atoms with Crippen LogP contribution in [0.25, 0.3) is 0 Å². The van der Waals surface area contributed by atoms with Crippen LogP contribution < -0.4 is 0 Å². The number of amidine groups is 1. The molecule has 1 heterocycles. The highest BCUT2D eigenvalue weighted by atomic mass is 35.5. The molecular formula is C19H20ClN3O4S. The van der Waals surface area contributed by atoms with Crippen molar-refractivity contribution < 1.29 is 13.3 Å². The molecule has 1 saturated heterocycles. The summed E-state index contributed by atoms with van der Waals surface area (Å²) < 4.78 is 29.3. The van der Waals surface area contributed by atoms with Crippen molar-refractivity contribution >= 4 is 33.1 Å². The van der Waals surface area contributed by atoms with Crippen LogP contribution in [0.15, 0.2) is 57.8 Å². The highest BCUT2D eigenvalue weighted by Gasteiger charge is 2.21. The van der Waals surface area contributed by atoms with Gasteiger partial charge in [-0.2, -0.15) is 8.42 Å². The van der Waals surface area contributed by atoms with E-state index in [1.54, 1.807) is 12.1 Å². The number of hydrogen-bond acceptors (Lipinski definition) is 4. The van der Waals surface area contributed by atoms with Gasteiger partial charge in [0.25, 0.3) is 15.7 Å². The Bertz CT molecular complexity index is 973. The minimum absolute atomic E-state index is 0.0537. The van der Waals surface area contributed by atoms with Gasteiger partial charge in [0.1, 0.15) is 5.84 Å². The summed E-state index contributed by atoms with van der Waals surface area (Å²) in [7, 11) is -3.79. The molecule has 148 valence electrons. The van der Waals surface area contributed by atoms with E-state index in [2.05, 4.69) is 4.40 Å². The molecule has 0 saturated carbocycles. The summed E-state index contributed by atoms with van der Waals surface area (Å²) in [5.74, 6) is 0.558. The second-order valence-corrected chi connectivity index (χ2v) is 8.59. The number of halogens is 1. The Morgan fingerprint density at radius 3 is 2.39 bits per heavy atom. The molecule has 28 heavy (non-hydrogen) atoms. The molecule has 0 N–H and O–H groups in total. The van der Waals surface area contributed by atoms with Crippen LogP contribution >= 0.6 is 11.6 Å². The van der Waals surface area contributed by atoms with Gasteiger partial charge in [-0.25, -0.2) is 0 Å². The number of rotatable bonds is 6. The van der Waals surface area contributed by atoms with E-state index in [4.69, 9.17) is 11.6 Å². The number of nitrogens with zero attached hydrogens (tertiary/aromatic N) is 3. The molecule has 1 aliphatic rings. The van der Waals surface area contributed by atoms with Gasteiger partial charge in [0.2, 0.25) is 0 Å². The van der Waals surface area contributed by atoms with Crippen molar-refractivity contribution in [3.8, 4) is 0 Å². The van der Waals surface area contributed by atoms with E-state index in [0.29, 0.717) is 30.2 Å². The maximum absolute atomic E-state index is 12.6. The molecule has 0 spiro atoms. The smallest absolute Gasteiger partial charge is 0.283 e. The van der Waals surface area contributed by atoms with Crippen molar-refractivity contribution in [3.63, 3.8) is 0 Å². The lowest BCUT2D eigenvalue weighted by Gasteiger charge is -2.30. The largest absolute Gasteiger partial charge is 0.359 e. The quantitative estimate of drug-likeness (QED) is 0.517. The Morgan fingerprint density at radius 1 is 1.07 bits per heavy atom. The predicted octanol–water partition coefficient (Wildman–Crippen LogP) is 4.06. The summed E-state index contributed by atoms with van der Waals surface area (Å²) in [6, 6.07) is 12.4. The van der Waals surface area contributed by atoms with Crippen LogP contribution in [0.3, 0.4) is 0 Å². The van der Waals surface area contributed by atoms with E-state index < -0.39 is 14.9 Å². The maximum Gasteiger partial charge on any atom is 0.283 e. The van der Waals surface area contributed by atoms with Crippen LogP contribution in [0.1, 0.15) is 24.8 Å². The fourth-order valence-electron chi connectivity index (χ4n) is 3.06. The normalized spacial score (nSPS) is 16.3. The third kappa shape index (κ3) is 5.08. The number of hydrogen-bond donors (Lipinski definition) is 0. The van der Waals surface area contributed by atoms with E-state index >= 15 is 0 Å². The van der Waals surface area contributed by atoms with Gasteiger partial charge in [0.15, 0.2) is 0 Å². The third-order valence-electron chi connectivity index (χ3n) is 4.60. The van der Waals surface area contributed by atoms with Crippen molar-refractivity contribution in [1.82, 2.24) is 4.90 Å². The average Bonchev–Trinajstić information content (AvgIpc) is 2.68. The van der Waals surface area contributed by atoms with Crippen molar-refractivity contribution in [2.45, 2.75) is 30.6 Å². The highest BCUT2D eigenvalue weighted by Crippen LogP contribution is 2.20. The molecule has 0 radical (unpaired) electrons. The molecule has 7 nitrogen and oxygen atoms in total. The molecule has 1 aliphatic heterocycles. The summed E-state index contributed by atoms with van der Waals surface area (Å²) in [5.41, 5.74) is 1.01. The van der Waals surface area contributed by atoms with Gasteiger partial charge in [-0.1, -0.05) is 23.7 Å². The number of nitro groups is 1. The molecule has 0 aromatic heterocycles. The second-order valence-electron chi connectivity index (χ2n) is 6.55. The van der Waals surface area contributed by atoms with Crippen LogP contribution in [0.2, 0.25) is 5.02 Å². The zero-order valence-electron chi connectivity index (χ0n) is 15.1. The number of sulfonamides is 1. The van der Waals surface area contributed by atoms with Crippen molar-refractivity contribution in [1.29, 1.82) is 0 Å². The minimum Gasteiger partial charge on any atom is -0.359 e. The van der Waals surface area contributed by atoms with Crippen molar-refractivity contribution in [2.24, 2.45) is 4.40 Å². The molecular weight excluding hydrogens is 402 g/mol. The summed E-state index contributed by atoms with van der Waals surface area (Å²) in [6.07, 6.45) is 3.12. The standard InChI is InChI=1S/C19H20ClN3O4S/c20-16-6-10-18(11-7-16)28(26,27)21-19-3-1-2-13-22(19)14-12-15-4-8-17(9-5-15)23(24)25/h4-11H,1-3,12-14H2/b21-19-. The van der Waals surface area contributed by atoms with Crippen molar-refractivity contribution in [2.75, 3.05) is 13.1 Å². The fourth-order valence-corrected chi connectivity index (χ4v) is 4.26. The molecule has 1 fully saturated rings. The van der Waals surface area contributed by atoms with E-state index in [1.165, 1.54) is 36.4 Å². The molecule has 0 unspecified atom stereocenters. The Morgan fingerprint density at radius 2 is 1.75 bits per heavy atom. The Labute approximate surface area is 168 Å². The monoisotopic (exact) mass is 421 g/mol. The maximum atomic E-state index is 12.6. The van der Waals surface area contributed by atoms with E-state index in [9.17, 15) is 18.5 Å². The summed E-state index contributed by atoms with van der Waals surface area (Å²) >= 11 is 5.83. The lowest BCUT2D eigenvalue weighted by atomic mass is 10.1. The molecule has 3 rings (SSSR count). The number of likely N-dealkylation sites (tertiary alicyclic amines) is 1. The first kappa shape index (κ1) is 20.3. The first-order valence-electron chi connectivity index (χ1n) is 8.93. The third-order valence-corrected chi connectivity index (χ3v) is 6.17. The van der Waals surface area contributed by atoms with Crippen LogP contribution in [-0.2, 0) is 16.4 Å². The van der Waals surface area contributed by atoms with Gasteiger partial charge >= 0.3 is 0 Å². The molecule has 0 bridgehead atoms.